The predicted molar refractivity (Wildman–Crippen MR) is 186 cm³/mol. The Morgan fingerprint density at radius 3 is 2.60 bits per heavy atom. The highest BCUT2D eigenvalue weighted by Gasteiger charge is 2.28. The van der Waals surface area contributed by atoms with Crippen molar-refractivity contribution in [3.63, 3.8) is 0 Å². The first-order valence-corrected chi connectivity index (χ1v) is 17.9. The summed E-state index contributed by atoms with van der Waals surface area (Å²) in [4.78, 5) is 28.3. The summed E-state index contributed by atoms with van der Waals surface area (Å²) in [6, 6.07) is 9.90. The Bertz CT molecular complexity index is 1910. The fourth-order valence-electron chi connectivity index (χ4n) is 5.57. The minimum atomic E-state index is -3.75. The van der Waals surface area contributed by atoms with Gasteiger partial charge in [-0.2, -0.15) is 0 Å². The quantitative estimate of drug-likeness (QED) is 0.175. The third kappa shape index (κ3) is 8.30. The number of aromatic nitrogens is 3. The summed E-state index contributed by atoms with van der Waals surface area (Å²) >= 11 is 0. The molecule has 2 aromatic carbocycles. The molecule has 1 amide bonds. The van der Waals surface area contributed by atoms with E-state index in [0.717, 1.165) is 30.4 Å². The number of anilines is 2. The normalized spacial score (nSPS) is 15.3. The van der Waals surface area contributed by atoms with Crippen molar-refractivity contribution >= 4 is 38.5 Å². The summed E-state index contributed by atoms with van der Waals surface area (Å²) in [5.41, 5.74) is 2.21. The number of nitrogens with one attached hydrogen (secondary N) is 2. The number of piperidine rings is 1. The van der Waals surface area contributed by atoms with Crippen LogP contribution in [0.4, 0.5) is 20.8 Å². The van der Waals surface area contributed by atoms with Gasteiger partial charge in [0.2, 0.25) is 21.9 Å². The molecule has 1 aliphatic rings. The Labute approximate surface area is 281 Å². The maximum absolute atomic E-state index is 15.0. The van der Waals surface area contributed by atoms with Crippen molar-refractivity contribution in [3.05, 3.63) is 65.7 Å². The van der Waals surface area contributed by atoms with Gasteiger partial charge in [0.25, 0.3) is 0 Å². The molecule has 11 nitrogen and oxygen atoms in total. The van der Waals surface area contributed by atoms with Crippen LogP contribution < -0.4 is 14.8 Å². The molecule has 2 N–H and O–H groups in total. The third-order valence-corrected chi connectivity index (χ3v) is 9.34. The monoisotopic (exact) mass is 678 g/mol. The molecule has 0 saturated carbocycles. The largest absolute Gasteiger partial charge is 0.444 e. The van der Waals surface area contributed by atoms with Crippen molar-refractivity contribution in [1.82, 2.24) is 19.9 Å². The molecule has 0 unspecified atom stereocenters. The molecule has 2 aromatic heterocycles. The number of rotatable bonds is 10. The van der Waals surface area contributed by atoms with Crippen LogP contribution in [0.15, 0.2) is 48.8 Å². The maximum atomic E-state index is 15.0. The number of carbonyl (C=O) groups excluding carboxylic acids is 1. The summed E-state index contributed by atoms with van der Waals surface area (Å²) in [5, 5.41) is 4.27. The fourth-order valence-corrected chi connectivity index (χ4v) is 6.73. The molecule has 4 aromatic rings. The lowest BCUT2D eigenvalue weighted by atomic mass is 10.0. The molecule has 3 heterocycles. The van der Waals surface area contributed by atoms with Gasteiger partial charge in [-0.15, -0.1) is 0 Å². The molecule has 0 spiro atoms. The predicted octanol–water partition coefficient (Wildman–Crippen LogP) is 7.46. The molecule has 0 radical (unpaired) electrons. The third-order valence-electron chi connectivity index (χ3n) is 7.88. The molecular formula is C35H43FN6O5S. The Kier molecular flexibility index (Phi) is 10.4. The Morgan fingerprint density at radius 2 is 1.88 bits per heavy atom. The molecule has 13 heteroatoms. The second-order valence-corrected chi connectivity index (χ2v) is 14.8. The highest BCUT2D eigenvalue weighted by molar-refractivity contribution is 7.92. The van der Waals surface area contributed by atoms with Crippen molar-refractivity contribution in [3.8, 4) is 22.9 Å². The first kappa shape index (κ1) is 34.8. The van der Waals surface area contributed by atoms with E-state index >= 15 is 4.39 Å². The lowest BCUT2D eigenvalue weighted by molar-refractivity contribution is 0.0206. The van der Waals surface area contributed by atoms with E-state index in [1.807, 2.05) is 40.7 Å². The zero-order chi connectivity index (χ0) is 34.6. The molecule has 1 atom stereocenters. The number of sulfonamides is 1. The Hall–Kier alpha value is -4.52. The zero-order valence-corrected chi connectivity index (χ0v) is 29.1. The van der Waals surface area contributed by atoms with Gasteiger partial charge in [0, 0.05) is 42.3 Å². The second-order valence-electron chi connectivity index (χ2n) is 13.0. The minimum Gasteiger partial charge on any atom is -0.444 e. The van der Waals surface area contributed by atoms with Crippen molar-refractivity contribution < 1.29 is 27.1 Å². The van der Waals surface area contributed by atoms with E-state index in [4.69, 9.17) is 14.5 Å². The maximum Gasteiger partial charge on any atom is 0.410 e. The number of halogens is 1. The molecule has 1 saturated heterocycles. The van der Waals surface area contributed by atoms with Crippen molar-refractivity contribution in [2.45, 2.75) is 78.9 Å². The van der Waals surface area contributed by atoms with E-state index in [1.165, 1.54) is 6.07 Å². The molecule has 1 aliphatic heterocycles. The lowest BCUT2D eigenvalue weighted by Gasteiger charge is -2.34. The van der Waals surface area contributed by atoms with Gasteiger partial charge in [-0.3, -0.25) is 4.72 Å². The van der Waals surface area contributed by atoms with Gasteiger partial charge >= 0.3 is 6.09 Å². The number of aryl methyl sites for hydroxylation is 2. The van der Waals surface area contributed by atoms with Crippen LogP contribution in [-0.4, -0.2) is 64.8 Å². The van der Waals surface area contributed by atoms with Crippen LogP contribution in [0.1, 0.15) is 65.0 Å². The van der Waals surface area contributed by atoms with Crippen LogP contribution in [0.25, 0.3) is 22.0 Å². The zero-order valence-electron chi connectivity index (χ0n) is 28.3. The molecule has 48 heavy (non-hydrogen) atoms. The topological polar surface area (TPSA) is 136 Å². The number of amides is 1. The Morgan fingerprint density at radius 1 is 1.10 bits per heavy atom. The standard InChI is InChI=1S/C35H43FN6O5S/c1-7-18-48(44,45)41-30-25-12-11-22(3)31(26(25)13-14-28(30)36)46-32-27(19-23(8-2)20-38-32)29-15-16-37-33(40-29)39-24-10-9-17-42(21-24)34(43)47-35(4,5)6/h11-16,19-20,24,41H,7-10,17-18,21H2,1-6H3,(H,37,39,40)/t24-/m0/s1. The van der Waals surface area contributed by atoms with Crippen LogP contribution >= 0.6 is 0 Å². The number of hydrogen-bond donors (Lipinski definition) is 2. The first-order chi connectivity index (χ1) is 22.8. The van der Waals surface area contributed by atoms with Crippen LogP contribution in [0.5, 0.6) is 11.6 Å². The van der Waals surface area contributed by atoms with E-state index in [1.54, 1.807) is 48.5 Å². The smallest absolute Gasteiger partial charge is 0.410 e. The summed E-state index contributed by atoms with van der Waals surface area (Å²) in [5.74, 6) is 0.276. The number of fused-ring (bicyclic) bond motifs is 1. The van der Waals surface area contributed by atoms with Gasteiger partial charge in [-0.05, 0) is 88.8 Å². The van der Waals surface area contributed by atoms with E-state index in [0.29, 0.717) is 53.2 Å². The van der Waals surface area contributed by atoms with Crippen molar-refractivity contribution in [2.24, 2.45) is 0 Å². The SMILES string of the molecule is CCCS(=O)(=O)Nc1c(F)ccc2c(Oc3ncc(CC)cc3-c3ccnc(N[C@H]4CCCN(C(=O)OC(C)(C)C)C4)n3)c(C)ccc12. The number of likely N-dealkylation sites (tertiary alicyclic amines) is 1. The average Bonchev–Trinajstić information content (AvgIpc) is 3.03. The van der Waals surface area contributed by atoms with Crippen LogP contribution in [0, 0.1) is 12.7 Å². The van der Waals surface area contributed by atoms with E-state index in [2.05, 4.69) is 20.0 Å². The number of nitrogens with zero attached hydrogens (tertiary/aromatic N) is 4. The van der Waals surface area contributed by atoms with Gasteiger partial charge in [-0.1, -0.05) is 26.0 Å². The molecule has 0 bridgehead atoms. The molecule has 256 valence electrons. The first-order valence-electron chi connectivity index (χ1n) is 16.2. The van der Waals surface area contributed by atoms with Crippen LogP contribution in [-0.2, 0) is 21.2 Å². The molecular weight excluding hydrogens is 635 g/mol. The summed E-state index contributed by atoms with van der Waals surface area (Å²) in [6.07, 6.45) is 5.82. The van der Waals surface area contributed by atoms with Crippen LogP contribution in [0.3, 0.4) is 0 Å². The Balaban J connectivity index is 1.46. The van der Waals surface area contributed by atoms with E-state index < -0.39 is 21.4 Å². The minimum absolute atomic E-state index is 0.0694. The van der Waals surface area contributed by atoms with Gasteiger partial charge in [0.15, 0.2) is 0 Å². The van der Waals surface area contributed by atoms with Crippen molar-refractivity contribution in [1.29, 1.82) is 0 Å². The van der Waals surface area contributed by atoms with E-state index in [-0.39, 0.29) is 29.5 Å². The van der Waals surface area contributed by atoms with Crippen LogP contribution in [0.2, 0.25) is 0 Å². The van der Waals surface area contributed by atoms with Crippen molar-refractivity contribution in [2.75, 3.05) is 28.9 Å². The highest BCUT2D eigenvalue weighted by atomic mass is 32.2. The average molecular weight is 679 g/mol. The number of benzene rings is 2. The summed E-state index contributed by atoms with van der Waals surface area (Å²) in [7, 11) is -3.75. The van der Waals surface area contributed by atoms with Gasteiger partial charge in [0.05, 0.1) is 22.7 Å². The summed E-state index contributed by atoms with van der Waals surface area (Å²) < 4.78 is 54.7. The van der Waals surface area contributed by atoms with Gasteiger partial charge < -0.3 is 19.7 Å². The summed E-state index contributed by atoms with van der Waals surface area (Å²) in [6.45, 7) is 12.3. The highest BCUT2D eigenvalue weighted by Crippen LogP contribution is 2.40. The van der Waals surface area contributed by atoms with Gasteiger partial charge in [0.1, 0.15) is 17.2 Å². The fraction of sp³-hybridized carbons (Fsp3) is 0.429. The number of pyridine rings is 1. The molecule has 1 fully saturated rings. The van der Waals surface area contributed by atoms with Gasteiger partial charge in [-0.25, -0.2) is 32.6 Å². The second kappa shape index (κ2) is 14.3. The van der Waals surface area contributed by atoms with E-state index in [9.17, 15) is 13.2 Å². The molecule has 5 rings (SSSR count). The number of hydrogen-bond acceptors (Lipinski definition) is 9. The molecule has 0 aliphatic carbocycles. The lowest BCUT2D eigenvalue weighted by Crippen LogP contribution is -2.47. The number of ether oxygens (including phenoxy) is 2. The number of carbonyl (C=O) groups is 1.